The first-order valence-electron chi connectivity index (χ1n) is 2.21. The molecule has 0 aliphatic carbocycles. The van der Waals surface area contributed by atoms with Gasteiger partial charge >= 0.3 is 0 Å². The standard InChI is InChI=1S/C4H3F2N3/c5-4(6)3-1-8-9-2-7-3/h1-2,4H. The summed E-state index contributed by atoms with van der Waals surface area (Å²) in [7, 11) is 0. The zero-order valence-electron chi connectivity index (χ0n) is 4.33. The number of nitrogens with zero attached hydrogens (tertiary/aromatic N) is 3. The van der Waals surface area contributed by atoms with Gasteiger partial charge in [0.2, 0.25) is 0 Å². The molecule has 48 valence electrons. The van der Waals surface area contributed by atoms with Crippen molar-refractivity contribution >= 4 is 0 Å². The normalized spacial score (nSPS) is 10.1. The van der Waals surface area contributed by atoms with E-state index in [9.17, 15) is 8.78 Å². The molecular weight excluding hydrogens is 128 g/mol. The second-order valence-electron chi connectivity index (χ2n) is 1.33. The summed E-state index contributed by atoms with van der Waals surface area (Å²) >= 11 is 0. The molecule has 0 bridgehead atoms. The van der Waals surface area contributed by atoms with Crippen molar-refractivity contribution in [1.82, 2.24) is 15.2 Å². The van der Waals surface area contributed by atoms with E-state index in [1.807, 2.05) is 0 Å². The van der Waals surface area contributed by atoms with Gasteiger partial charge in [-0.2, -0.15) is 5.10 Å². The largest absolute Gasteiger partial charge is 0.282 e. The molecule has 0 spiro atoms. The predicted octanol–water partition coefficient (Wildman–Crippen LogP) is 0.809. The first-order valence-corrected chi connectivity index (χ1v) is 2.21. The third kappa shape index (κ3) is 1.38. The SMILES string of the molecule is FC(F)c1cnncn1. The number of hydrogen-bond acceptors (Lipinski definition) is 3. The minimum atomic E-state index is -2.56. The van der Waals surface area contributed by atoms with Crippen LogP contribution in [0.15, 0.2) is 12.5 Å². The Bertz CT molecular complexity index is 176. The molecule has 1 heterocycles. The van der Waals surface area contributed by atoms with Crippen molar-refractivity contribution < 1.29 is 8.78 Å². The summed E-state index contributed by atoms with van der Waals surface area (Å²) in [5.41, 5.74) is -0.343. The molecule has 1 rings (SSSR count). The summed E-state index contributed by atoms with van der Waals surface area (Å²) in [5, 5.41) is 6.45. The van der Waals surface area contributed by atoms with Crippen molar-refractivity contribution in [2.75, 3.05) is 0 Å². The van der Waals surface area contributed by atoms with Gasteiger partial charge in [-0.3, -0.25) is 0 Å². The average Bonchev–Trinajstić information content (AvgIpc) is 1.90. The molecule has 0 amide bonds. The maximum absolute atomic E-state index is 11.6. The molecule has 0 aliphatic rings. The molecular formula is C4H3F2N3. The monoisotopic (exact) mass is 131 g/mol. The van der Waals surface area contributed by atoms with Gasteiger partial charge in [-0.25, -0.2) is 13.8 Å². The minimum Gasteiger partial charge on any atom is -0.232 e. The summed E-state index contributed by atoms with van der Waals surface area (Å²) in [6, 6.07) is 0. The van der Waals surface area contributed by atoms with Crippen molar-refractivity contribution in [2.24, 2.45) is 0 Å². The molecule has 0 atom stereocenters. The highest BCUT2D eigenvalue weighted by atomic mass is 19.3. The highest BCUT2D eigenvalue weighted by molar-refractivity contribution is 4.91. The van der Waals surface area contributed by atoms with Crippen molar-refractivity contribution in [1.29, 1.82) is 0 Å². The van der Waals surface area contributed by atoms with Crippen LogP contribution in [0, 0.1) is 0 Å². The predicted molar refractivity (Wildman–Crippen MR) is 24.8 cm³/mol. The highest BCUT2D eigenvalue weighted by Crippen LogP contribution is 2.12. The molecule has 1 aromatic rings. The average molecular weight is 131 g/mol. The van der Waals surface area contributed by atoms with Crippen LogP contribution in [0.5, 0.6) is 0 Å². The summed E-state index contributed by atoms with van der Waals surface area (Å²) < 4.78 is 23.3. The van der Waals surface area contributed by atoms with E-state index < -0.39 is 6.43 Å². The van der Waals surface area contributed by atoms with E-state index in [2.05, 4.69) is 15.2 Å². The fourth-order valence-corrected chi connectivity index (χ4v) is 0.361. The lowest BCUT2D eigenvalue weighted by Crippen LogP contribution is -1.91. The van der Waals surface area contributed by atoms with E-state index in [-0.39, 0.29) is 5.69 Å². The van der Waals surface area contributed by atoms with Gasteiger partial charge in [0, 0.05) is 0 Å². The van der Waals surface area contributed by atoms with Crippen molar-refractivity contribution in [3.8, 4) is 0 Å². The highest BCUT2D eigenvalue weighted by Gasteiger charge is 2.06. The van der Waals surface area contributed by atoms with Crippen molar-refractivity contribution in [2.45, 2.75) is 6.43 Å². The number of rotatable bonds is 1. The molecule has 0 N–H and O–H groups in total. The van der Waals surface area contributed by atoms with Crippen LogP contribution in [-0.4, -0.2) is 15.2 Å². The van der Waals surface area contributed by atoms with E-state index in [4.69, 9.17) is 0 Å². The molecule has 0 fully saturated rings. The molecule has 0 saturated carbocycles. The quantitative estimate of drug-likeness (QED) is 0.566. The Labute approximate surface area is 49.8 Å². The lowest BCUT2D eigenvalue weighted by molar-refractivity contribution is 0.145. The van der Waals surface area contributed by atoms with Crippen LogP contribution >= 0.6 is 0 Å². The Morgan fingerprint density at radius 3 is 2.44 bits per heavy atom. The van der Waals surface area contributed by atoms with Gasteiger partial charge in [0.15, 0.2) is 0 Å². The van der Waals surface area contributed by atoms with Crippen LogP contribution in [0.4, 0.5) is 8.78 Å². The summed E-state index contributed by atoms with van der Waals surface area (Å²) in [4.78, 5) is 3.25. The second-order valence-corrected chi connectivity index (χ2v) is 1.33. The van der Waals surface area contributed by atoms with E-state index >= 15 is 0 Å². The number of aromatic nitrogens is 3. The molecule has 5 heteroatoms. The maximum Gasteiger partial charge on any atom is 0.282 e. The van der Waals surface area contributed by atoms with Crippen LogP contribution in [0.25, 0.3) is 0 Å². The lowest BCUT2D eigenvalue weighted by atomic mass is 10.5. The van der Waals surface area contributed by atoms with Gasteiger partial charge in [-0.1, -0.05) is 0 Å². The van der Waals surface area contributed by atoms with Gasteiger partial charge < -0.3 is 0 Å². The second kappa shape index (κ2) is 2.43. The summed E-state index contributed by atoms with van der Waals surface area (Å²) in [5.74, 6) is 0. The Hall–Kier alpha value is -1.13. The Morgan fingerprint density at radius 1 is 1.33 bits per heavy atom. The van der Waals surface area contributed by atoms with E-state index in [1.54, 1.807) is 0 Å². The van der Waals surface area contributed by atoms with Crippen LogP contribution in [0.2, 0.25) is 0 Å². The zero-order chi connectivity index (χ0) is 6.69. The first kappa shape index (κ1) is 6.00. The zero-order valence-corrected chi connectivity index (χ0v) is 4.33. The fourth-order valence-electron chi connectivity index (χ4n) is 0.361. The van der Waals surface area contributed by atoms with Gasteiger partial charge in [0.1, 0.15) is 12.0 Å². The van der Waals surface area contributed by atoms with Gasteiger partial charge in [-0.05, 0) is 0 Å². The number of hydrogen-bond donors (Lipinski definition) is 0. The molecule has 0 aromatic carbocycles. The van der Waals surface area contributed by atoms with Crippen LogP contribution in [-0.2, 0) is 0 Å². The van der Waals surface area contributed by atoms with Gasteiger partial charge in [0.05, 0.1) is 6.20 Å². The first-order chi connectivity index (χ1) is 4.30. The fraction of sp³-hybridized carbons (Fsp3) is 0.250. The summed E-state index contributed by atoms with van der Waals surface area (Å²) in [6.45, 7) is 0. The van der Waals surface area contributed by atoms with Crippen LogP contribution in [0.3, 0.4) is 0 Å². The Kier molecular flexibility index (Phi) is 1.62. The molecule has 9 heavy (non-hydrogen) atoms. The van der Waals surface area contributed by atoms with E-state index in [0.29, 0.717) is 0 Å². The third-order valence-corrected chi connectivity index (χ3v) is 0.739. The van der Waals surface area contributed by atoms with Crippen LogP contribution < -0.4 is 0 Å². The molecule has 0 radical (unpaired) electrons. The maximum atomic E-state index is 11.6. The van der Waals surface area contributed by atoms with Crippen LogP contribution in [0.1, 0.15) is 12.1 Å². The van der Waals surface area contributed by atoms with E-state index in [1.165, 1.54) is 0 Å². The third-order valence-electron chi connectivity index (χ3n) is 0.739. The molecule has 1 aromatic heterocycles. The van der Waals surface area contributed by atoms with Gasteiger partial charge in [0.25, 0.3) is 6.43 Å². The number of halogens is 2. The lowest BCUT2D eigenvalue weighted by Gasteiger charge is -1.91. The molecule has 0 aliphatic heterocycles. The molecule has 0 unspecified atom stereocenters. The summed E-state index contributed by atoms with van der Waals surface area (Å²) in [6.07, 6.45) is -0.632. The van der Waals surface area contributed by atoms with E-state index in [0.717, 1.165) is 12.5 Å². The molecule has 3 nitrogen and oxygen atoms in total. The van der Waals surface area contributed by atoms with Gasteiger partial charge in [-0.15, -0.1) is 5.10 Å². The van der Waals surface area contributed by atoms with Crippen molar-refractivity contribution in [3.63, 3.8) is 0 Å². The minimum absolute atomic E-state index is 0.343. The smallest absolute Gasteiger partial charge is 0.232 e. The Balaban J connectivity index is 2.85. The molecule has 0 saturated heterocycles. The Morgan fingerprint density at radius 2 is 2.11 bits per heavy atom. The van der Waals surface area contributed by atoms with Crippen molar-refractivity contribution in [3.05, 3.63) is 18.2 Å². The topological polar surface area (TPSA) is 38.7 Å². The number of alkyl halides is 2.